The van der Waals surface area contributed by atoms with E-state index in [2.05, 4.69) is 30.4 Å². The number of fused-ring (bicyclic) bond motifs is 1. The molecule has 150 valence electrons. The van der Waals surface area contributed by atoms with E-state index in [1.165, 1.54) is 19.3 Å². The summed E-state index contributed by atoms with van der Waals surface area (Å²) >= 11 is 12.2. The zero-order valence-corrected chi connectivity index (χ0v) is 19.5. The van der Waals surface area contributed by atoms with Gasteiger partial charge in [0.05, 0.1) is 18.1 Å². The van der Waals surface area contributed by atoms with E-state index in [4.69, 9.17) is 23.2 Å². The highest BCUT2D eigenvalue weighted by Gasteiger charge is 2.15. The molecule has 0 amide bonds. The number of aliphatic imine (C=N–C) groups is 1. The maximum Gasteiger partial charge on any atom is 0.192 e. The predicted molar refractivity (Wildman–Crippen MR) is 120 cm³/mol. The second-order valence-corrected chi connectivity index (χ2v) is 7.14. The van der Waals surface area contributed by atoms with Gasteiger partial charge in [-0.15, -0.1) is 34.2 Å². The molecule has 0 unspecified atom stereocenters. The summed E-state index contributed by atoms with van der Waals surface area (Å²) in [4.78, 5) is 4.63. The first-order valence-electron chi connectivity index (χ1n) is 9.03. The lowest BCUT2D eigenvalue weighted by Gasteiger charge is -2.12. The van der Waals surface area contributed by atoms with Crippen LogP contribution < -0.4 is 10.6 Å². The first kappa shape index (κ1) is 22.3. The van der Waals surface area contributed by atoms with E-state index in [1.54, 1.807) is 0 Å². The van der Waals surface area contributed by atoms with Crippen LogP contribution in [0.15, 0.2) is 11.1 Å². The Bertz CT molecular complexity index is 785. The number of aryl methyl sites for hydroxylation is 1. The van der Waals surface area contributed by atoms with Crippen molar-refractivity contribution in [3.05, 3.63) is 33.6 Å². The van der Waals surface area contributed by atoms with Crippen LogP contribution in [0.5, 0.6) is 0 Å². The van der Waals surface area contributed by atoms with Gasteiger partial charge in [0, 0.05) is 32.3 Å². The zero-order valence-electron chi connectivity index (χ0n) is 15.6. The molecule has 7 nitrogen and oxygen atoms in total. The standard InChI is InChI=1S/C17H25Cl2N7.HI/c1-3-20-17(21-10-12-9-13(18)16(19)25(12)2)22-11-15-24-23-14-7-5-4-6-8-26(14)15;/h9H,3-8,10-11H2,1-2H3,(H2,20,21,22);1H. The molecule has 0 radical (unpaired) electrons. The van der Waals surface area contributed by atoms with Crippen LogP contribution in [0.2, 0.25) is 10.2 Å². The number of rotatable bonds is 5. The van der Waals surface area contributed by atoms with Crippen LogP contribution in [0.4, 0.5) is 0 Å². The minimum absolute atomic E-state index is 0. The van der Waals surface area contributed by atoms with Crippen LogP contribution in [0, 0.1) is 0 Å². The molecule has 2 aromatic heterocycles. The van der Waals surface area contributed by atoms with Crippen LogP contribution in [0.1, 0.15) is 43.5 Å². The monoisotopic (exact) mass is 525 g/mol. The molecule has 0 aromatic carbocycles. The topological polar surface area (TPSA) is 72.1 Å². The van der Waals surface area contributed by atoms with Crippen LogP contribution in [-0.4, -0.2) is 31.8 Å². The molecule has 0 saturated heterocycles. The highest BCUT2D eigenvalue weighted by Crippen LogP contribution is 2.25. The number of nitrogens with one attached hydrogen (secondary N) is 2. The van der Waals surface area contributed by atoms with Crippen molar-refractivity contribution in [3.63, 3.8) is 0 Å². The van der Waals surface area contributed by atoms with E-state index < -0.39 is 0 Å². The second kappa shape index (κ2) is 10.5. The van der Waals surface area contributed by atoms with Crippen molar-refractivity contribution in [1.29, 1.82) is 0 Å². The summed E-state index contributed by atoms with van der Waals surface area (Å²) in [6.07, 6.45) is 4.64. The molecule has 0 bridgehead atoms. The molecule has 0 spiro atoms. The van der Waals surface area contributed by atoms with Gasteiger partial charge in [-0.1, -0.05) is 29.6 Å². The Morgan fingerprint density at radius 2 is 2.04 bits per heavy atom. The number of halogens is 3. The quantitative estimate of drug-likeness (QED) is 0.356. The van der Waals surface area contributed by atoms with Crippen molar-refractivity contribution in [2.45, 2.75) is 52.2 Å². The van der Waals surface area contributed by atoms with Gasteiger partial charge >= 0.3 is 0 Å². The van der Waals surface area contributed by atoms with Crippen LogP contribution in [-0.2, 0) is 33.1 Å². The van der Waals surface area contributed by atoms with Gasteiger partial charge in [-0.25, -0.2) is 4.99 Å². The number of aromatic nitrogens is 4. The van der Waals surface area contributed by atoms with Gasteiger partial charge in [-0.05, 0) is 25.8 Å². The van der Waals surface area contributed by atoms with Crippen molar-refractivity contribution in [1.82, 2.24) is 30.0 Å². The minimum atomic E-state index is 0. The van der Waals surface area contributed by atoms with Gasteiger partial charge in [0.25, 0.3) is 0 Å². The summed E-state index contributed by atoms with van der Waals surface area (Å²) in [6, 6.07) is 1.84. The number of hydrogen-bond donors (Lipinski definition) is 2. The van der Waals surface area contributed by atoms with E-state index in [1.807, 2.05) is 24.6 Å². The molecule has 3 heterocycles. The predicted octanol–water partition coefficient (Wildman–Crippen LogP) is 3.52. The summed E-state index contributed by atoms with van der Waals surface area (Å²) in [5, 5.41) is 16.4. The summed E-state index contributed by atoms with van der Waals surface area (Å²) < 4.78 is 4.08. The van der Waals surface area contributed by atoms with Crippen molar-refractivity contribution in [3.8, 4) is 0 Å². The lowest BCUT2D eigenvalue weighted by atomic mass is 10.2. The Morgan fingerprint density at radius 3 is 2.74 bits per heavy atom. The van der Waals surface area contributed by atoms with Crippen LogP contribution in [0.25, 0.3) is 0 Å². The average molecular weight is 526 g/mol. The van der Waals surface area contributed by atoms with Gasteiger partial charge in [0.1, 0.15) is 11.0 Å². The third-order valence-corrected chi connectivity index (χ3v) is 5.40. The number of guanidine groups is 1. The lowest BCUT2D eigenvalue weighted by Crippen LogP contribution is -2.37. The van der Waals surface area contributed by atoms with E-state index >= 15 is 0 Å². The largest absolute Gasteiger partial charge is 0.357 e. The van der Waals surface area contributed by atoms with Crippen molar-refractivity contribution in [2.24, 2.45) is 12.0 Å². The molecule has 1 aliphatic rings. The van der Waals surface area contributed by atoms with Gasteiger partial charge in [0.2, 0.25) is 0 Å². The first-order valence-corrected chi connectivity index (χ1v) is 9.78. The van der Waals surface area contributed by atoms with E-state index in [0.29, 0.717) is 23.3 Å². The molecule has 0 aliphatic carbocycles. The molecule has 2 aromatic rings. The molecule has 27 heavy (non-hydrogen) atoms. The Balaban J connectivity index is 0.00000261. The Hall–Kier alpha value is -1.000. The normalized spacial score (nSPS) is 14.3. The average Bonchev–Trinajstić information content (AvgIpc) is 3.01. The zero-order chi connectivity index (χ0) is 18.5. The SMILES string of the molecule is CCNC(=NCc1cc(Cl)c(Cl)n1C)NCc1nnc2n1CCCCC2.I. The first-order chi connectivity index (χ1) is 12.6. The Morgan fingerprint density at radius 1 is 1.22 bits per heavy atom. The second-order valence-electron chi connectivity index (χ2n) is 6.38. The maximum atomic E-state index is 6.12. The maximum absolute atomic E-state index is 6.12. The van der Waals surface area contributed by atoms with Gasteiger partial charge in [-0.2, -0.15) is 0 Å². The number of nitrogens with zero attached hydrogens (tertiary/aromatic N) is 5. The summed E-state index contributed by atoms with van der Waals surface area (Å²) in [5.41, 5.74) is 0.952. The minimum Gasteiger partial charge on any atom is -0.357 e. The molecule has 0 atom stereocenters. The van der Waals surface area contributed by atoms with Crippen molar-refractivity contribution < 1.29 is 0 Å². The van der Waals surface area contributed by atoms with Crippen molar-refractivity contribution >= 4 is 53.1 Å². The fraction of sp³-hybridized carbons (Fsp3) is 0.588. The van der Waals surface area contributed by atoms with E-state index in [0.717, 1.165) is 42.8 Å². The molecular formula is C17H26Cl2IN7. The summed E-state index contributed by atoms with van der Waals surface area (Å²) in [6.45, 7) is 4.88. The lowest BCUT2D eigenvalue weighted by molar-refractivity contribution is 0.596. The fourth-order valence-electron chi connectivity index (χ4n) is 3.08. The van der Waals surface area contributed by atoms with Gasteiger partial charge in [-0.3, -0.25) is 0 Å². The van der Waals surface area contributed by atoms with Gasteiger partial charge < -0.3 is 19.8 Å². The molecule has 1 aliphatic heterocycles. The highest BCUT2D eigenvalue weighted by atomic mass is 127. The Kier molecular flexibility index (Phi) is 8.68. The Labute approximate surface area is 186 Å². The summed E-state index contributed by atoms with van der Waals surface area (Å²) in [5.74, 6) is 2.78. The molecule has 0 fully saturated rings. The highest BCUT2D eigenvalue weighted by molar-refractivity contribution is 14.0. The van der Waals surface area contributed by atoms with Gasteiger partial charge in [0.15, 0.2) is 11.8 Å². The van der Waals surface area contributed by atoms with E-state index in [-0.39, 0.29) is 24.0 Å². The van der Waals surface area contributed by atoms with E-state index in [9.17, 15) is 0 Å². The smallest absolute Gasteiger partial charge is 0.192 e. The molecule has 10 heteroatoms. The molecule has 0 saturated carbocycles. The molecule has 2 N–H and O–H groups in total. The fourth-order valence-corrected chi connectivity index (χ4v) is 3.50. The van der Waals surface area contributed by atoms with Crippen LogP contribution >= 0.6 is 47.2 Å². The summed E-state index contributed by atoms with van der Waals surface area (Å²) in [7, 11) is 1.88. The molecular weight excluding hydrogens is 500 g/mol. The third-order valence-electron chi connectivity index (χ3n) is 4.56. The third kappa shape index (κ3) is 5.51. The molecule has 3 rings (SSSR count). The van der Waals surface area contributed by atoms with Crippen molar-refractivity contribution in [2.75, 3.05) is 6.54 Å². The van der Waals surface area contributed by atoms with Crippen LogP contribution in [0.3, 0.4) is 0 Å². The number of hydrogen-bond acceptors (Lipinski definition) is 3.